The van der Waals surface area contributed by atoms with Gasteiger partial charge in [0.1, 0.15) is 11.4 Å². The first-order chi connectivity index (χ1) is 11.4. The lowest BCUT2D eigenvalue weighted by Crippen LogP contribution is -2.57. The zero-order valence-corrected chi connectivity index (χ0v) is 15.7. The third-order valence-corrected chi connectivity index (χ3v) is 8.95. The summed E-state index contributed by atoms with van der Waals surface area (Å²) in [7, 11) is 0. The van der Waals surface area contributed by atoms with Crippen molar-refractivity contribution in [3.05, 3.63) is 0 Å². The van der Waals surface area contributed by atoms with Crippen LogP contribution in [-0.4, -0.2) is 49.6 Å². The van der Waals surface area contributed by atoms with Gasteiger partial charge in [-0.2, -0.15) is 0 Å². The van der Waals surface area contributed by atoms with Gasteiger partial charge >= 0.3 is 0 Å². The van der Waals surface area contributed by atoms with Gasteiger partial charge in [0.2, 0.25) is 0 Å². The Balaban J connectivity index is 1.85. The summed E-state index contributed by atoms with van der Waals surface area (Å²) in [6, 6.07) is 0. The van der Waals surface area contributed by atoms with Crippen LogP contribution in [0.5, 0.6) is 0 Å². The van der Waals surface area contributed by atoms with Crippen LogP contribution in [-0.2, 0) is 4.79 Å². The highest BCUT2D eigenvalue weighted by atomic mass is 16.4. The van der Waals surface area contributed by atoms with E-state index in [1.807, 2.05) is 13.8 Å². The van der Waals surface area contributed by atoms with Gasteiger partial charge in [0.15, 0.2) is 0 Å². The fraction of sp³-hybridized carbons (Fsp3) is 0.950. The van der Waals surface area contributed by atoms with Gasteiger partial charge < -0.3 is 20.4 Å². The van der Waals surface area contributed by atoms with Crippen molar-refractivity contribution in [2.45, 2.75) is 83.2 Å². The first-order valence-electron chi connectivity index (χ1n) is 9.75. The van der Waals surface area contributed by atoms with Crippen LogP contribution >= 0.6 is 0 Å². The molecule has 0 unspecified atom stereocenters. The predicted molar refractivity (Wildman–Crippen MR) is 91.5 cm³/mol. The summed E-state index contributed by atoms with van der Waals surface area (Å²) in [6.07, 6.45) is 0.778. The maximum absolute atomic E-state index is 13.3. The Kier molecular flexibility index (Phi) is 3.48. The number of aliphatic hydroxyl groups excluding tert-OH is 2. The van der Waals surface area contributed by atoms with Crippen LogP contribution in [0.25, 0.3) is 0 Å². The van der Waals surface area contributed by atoms with Gasteiger partial charge in [-0.1, -0.05) is 20.8 Å². The van der Waals surface area contributed by atoms with Crippen molar-refractivity contribution in [2.24, 2.45) is 34.5 Å². The SMILES string of the molecule is C[C@H]1[C@@H]2CC[C@@H]3C(=O)[C@@]2(C[C@@H](O)[C@@]2(O)[C@H]1C[C@H](O)C2(C)C)C[C@@]3(C)O. The first kappa shape index (κ1) is 17.9. The number of aliphatic hydroxyl groups is 4. The minimum Gasteiger partial charge on any atom is -0.392 e. The van der Waals surface area contributed by atoms with E-state index in [1.54, 1.807) is 6.92 Å². The number of carbonyl (C=O) groups excluding carboxylic acids is 1. The summed E-state index contributed by atoms with van der Waals surface area (Å²) in [5.41, 5.74) is -4.02. The van der Waals surface area contributed by atoms with Gasteiger partial charge in [0, 0.05) is 16.7 Å². The molecular formula is C20H32O5. The second kappa shape index (κ2) is 4.86. The Bertz CT molecular complexity index is 613. The third-order valence-electron chi connectivity index (χ3n) is 8.95. The van der Waals surface area contributed by atoms with Gasteiger partial charge in [0.25, 0.3) is 0 Å². The molecule has 5 nitrogen and oxygen atoms in total. The molecule has 0 aliphatic heterocycles. The lowest BCUT2D eigenvalue weighted by atomic mass is 9.60. The van der Waals surface area contributed by atoms with Crippen molar-refractivity contribution >= 4 is 5.78 Å². The summed E-state index contributed by atoms with van der Waals surface area (Å²) < 4.78 is 0. The molecule has 0 amide bonds. The van der Waals surface area contributed by atoms with Gasteiger partial charge in [-0.05, 0) is 56.8 Å². The quantitative estimate of drug-likeness (QED) is 0.526. The molecule has 0 aromatic rings. The minimum absolute atomic E-state index is 0.0115. The fourth-order valence-electron chi connectivity index (χ4n) is 7.48. The molecule has 1 spiro atoms. The molecule has 4 saturated carbocycles. The summed E-state index contributed by atoms with van der Waals surface area (Å²) in [4.78, 5) is 13.3. The minimum atomic E-state index is -1.41. The Hall–Kier alpha value is -0.490. The number of Topliss-reactive ketones (excluding diaryl/α,β-unsaturated/α-hetero) is 1. The van der Waals surface area contributed by atoms with Crippen LogP contribution in [0.1, 0.15) is 59.8 Å². The lowest BCUT2D eigenvalue weighted by Gasteiger charge is -2.45. The van der Waals surface area contributed by atoms with E-state index >= 15 is 0 Å². The van der Waals surface area contributed by atoms with Crippen molar-refractivity contribution in [3.8, 4) is 0 Å². The van der Waals surface area contributed by atoms with Crippen LogP contribution in [0, 0.1) is 34.5 Å². The zero-order chi connectivity index (χ0) is 18.6. The number of hydrogen-bond donors (Lipinski definition) is 4. The average molecular weight is 352 g/mol. The van der Waals surface area contributed by atoms with Crippen molar-refractivity contribution in [1.82, 2.24) is 0 Å². The Morgan fingerprint density at radius 2 is 1.64 bits per heavy atom. The maximum Gasteiger partial charge on any atom is 0.145 e. The van der Waals surface area contributed by atoms with E-state index in [1.165, 1.54) is 0 Å². The average Bonchev–Trinajstić information content (AvgIpc) is 2.71. The molecule has 4 aliphatic rings. The first-order valence-corrected chi connectivity index (χ1v) is 9.75. The highest BCUT2D eigenvalue weighted by molar-refractivity contribution is 5.92. The third kappa shape index (κ3) is 1.86. The number of hydrogen-bond acceptors (Lipinski definition) is 5. The van der Waals surface area contributed by atoms with Crippen LogP contribution in [0.3, 0.4) is 0 Å². The van der Waals surface area contributed by atoms with E-state index in [0.29, 0.717) is 19.3 Å². The standard InChI is InChI=1S/C20H32O5/c1-10-11-5-6-12-16(23)19(11,9-18(12,4)24)8-15(22)20(25)13(10)7-14(21)17(20,2)3/h10-15,21-22,24-25H,5-9H2,1-4H3/t10-,11-,12+,13-,14-,15+,18+,19-,20-/m0/s1. The molecule has 4 aliphatic carbocycles. The molecule has 142 valence electrons. The molecule has 2 bridgehead atoms. The van der Waals surface area contributed by atoms with Crippen LogP contribution in [0.4, 0.5) is 0 Å². The second-order valence-electron chi connectivity index (χ2n) is 10.3. The molecule has 0 saturated heterocycles. The highest BCUT2D eigenvalue weighted by Gasteiger charge is 2.72. The summed E-state index contributed by atoms with van der Waals surface area (Å²) in [6.45, 7) is 7.44. The molecule has 25 heavy (non-hydrogen) atoms. The summed E-state index contributed by atoms with van der Waals surface area (Å²) >= 11 is 0. The molecule has 9 atom stereocenters. The van der Waals surface area contributed by atoms with Gasteiger partial charge in [-0.15, -0.1) is 0 Å². The number of fused-ring (bicyclic) bond motifs is 2. The van der Waals surface area contributed by atoms with E-state index in [-0.39, 0.29) is 35.9 Å². The number of rotatable bonds is 0. The van der Waals surface area contributed by atoms with Crippen LogP contribution < -0.4 is 0 Å². The van der Waals surface area contributed by atoms with Gasteiger partial charge in [-0.3, -0.25) is 4.79 Å². The molecule has 5 heteroatoms. The molecule has 0 heterocycles. The molecule has 0 aromatic heterocycles. The number of ketones is 1. The van der Waals surface area contributed by atoms with Crippen LogP contribution in [0.2, 0.25) is 0 Å². The second-order valence-corrected chi connectivity index (χ2v) is 10.3. The van der Waals surface area contributed by atoms with Crippen LogP contribution in [0.15, 0.2) is 0 Å². The zero-order valence-electron chi connectivity index (χ0n) is 15.7. The maximum atomic E-state index is 13.3. The van der Waals surface area contributed by atoms with E-state index in [0.717, 1.165) is 6.42 Å². The van der Waals surface area contributed by atoms with Gasteiger partial charge in [-0.25, -0.2) is 0 Å². The summed E-state index contributed by atoms with van der Waals surface area (Å²) in [5.74, 6) is -0.458. The highest BCUT2D eigenvalue weighted by Crippen LogP contribution is 2.67. The van der Waals surface area contributed by atoms with E-state index in [4.69, 9.17) is 0 Å². The van der Waals surface area contributed by atoms with Gasteiger partial charge in [0.05, 0.1) is 17.8 Å². The lowest BCUT2D eigenvalue weighted by molar-refractivity contribution is -0.177. The molecule has 4 N–H and O–H groups in total. The Morgan fingerprint density at radius 3 is 2.28 bits per heavy atom. The molecule has 4 fully saturated rings. The van der Waals surface area contributed by atoms with E-state index < -0.39 is 34.2 Å². The van der Waals surface area contributed by atoms with E-state index in [2.05, 4.69) is 6.92 Å². The summed E-state index contributed by atoms with van der Waals surface area (Å²) in [5, 5.41) is 44.2. The molecular weight excluding hydrogens is 320 g/mol. The monoisotopic (exact) mass is 352 g/mol. The van der Waals surface area contributed by atoms with Crippen molar-refractivity contribution < 1.29 is 25.2 Å². The molecule has 0 radical (unpaired) electrons. The number of carbonyl (C=O) groups is 1. The topological polar surface area (TPSA) is 98.0 Å². The van der Waals surface area contributed by atoms with E-state index in [9.17, 15) is 25.2 Å². The fourth-order valence-corrected chi connectivity index (χ4v) is 7.48. The van der Waals surface area contributed by atoms with Crippen molar-refractivity contribution in [1.29, 1.82) is 0 Å². The molecule has 4 rings (SSSR count). The molecule has 0 aromatic carbocycles. The predicted octanol–water partition coefficient (Wildman–Crippen LogP) is 1.26. The smallest absolute Gasteiger partial charge is 0.145 e. The Labute approximate surface area is 149 Å². The van der Waals surface area contributed by atoms with Crippen molar-refractivity contribution in [3.63, 3.8) is 0 Å². The largest absolute Gasteiger partial charge is 0.392 e. The van der Waals surface area contributed by atoms with Crippen molar-refractivity contribution in [2.75, 3.05) is 0 Å². The Morgan fingerprint density at radius 1 is 1.00 bits per heavy atom. The normalized spacial score (nSPS) is 60.1.